The fourth-order valence-electron chi connectivity index (χ4n) is 1.59. The lowest BCUT2D eigenvalue weighted by atomic mass is 10.1. The van der Waals surface area contributed by atoms with Gasteiger partial charge >= 0.3 is 0 Å². The van der Waals surface area contributed by atoms with Crippen LogP contribution in [0.15, 0.2) is 17.0 Å². The summed E-state index contributed by atoms with van der Waals surface area (Å²) < 4.78 is 0.922. The molecule has 0 bridgehead atoms. The summed E-state index contributed by atoms with van der Waals surface area (Å²) in [7, 11) is 0. The van der Waals surface area contributed by atoms with Gasteiger partial charge in [0.15, 0.2) is 0 Å². The molecule has 1 aliphatic heterocycles. The van der Waals surface area contributed by atoms with Gasteiger partial charge in [0.25, 0.3) is 0 Å². The van der Waals surface area contributed by atoms with Crippen LogP contribution in [0.25, 0.3) is 0 Å². The first-order chi connectivity index (χ1) is 6.86. The van der Waals surface area contributed by atoms with E-state index in [0.717, 1.165) is 23.4 Å². The number of nitrogens with zero attached hydrogens (tertiary/aromatic N) is 2. The second kappa shape index (κ2) is 4.70. The number of piperidine rings is 1. The molecular formula is C9H13BrN4. The number of nitrogens with one attached hydrogen (secondary N) is 2. The number of hydrogen-bond donors (Lipinski definition) is 2. The Kier molecular flexibility index (Phi) is 3.31. The molecule has 5 heteroatoms. The second-order valence-corrected chi connectivity index (χ2v) is 4.26. The topological polar surface area (TPSA) is 49.8 Å². The van der Waals surface area contributed by atoms with E-state index in [0.29, 0.717) is 6.04 Å². The van der Waals surface area contributed by atoms with Gasteiger partial charge in [-0.15, -0.1) is 0 Å². The van der Waals surface area contributed by atoms with Crippen molar-refractivity contribution >= 4 is 21.7 Å². The van der Waals surface area contributed by atoms with Crippen molar-refractivity contribution in [3.05, 3.63) is 17.0 Å². The first-order valence-electron chi connectivity index (χ1n) is 4.79. The minimum absolute atomic E-state index is 0.481. The fraction of sp³-hybridized carbons (Fsp3) is 0.556. The number of halogens is 1. The van der Waals surface area contributed by atoms with Gasteiger partial charge in [-0.25, -0.2) is 9.97 Å². The van der Waals surface area contributed by atoms with Crippen molar-refractivity contribution in [3.8, 4) is 0 Å². The van der Waals surface area contributed by atoms with E-state index in [1.165, 1.54) is 12.8 Å². The van der Waals surface area contributed by atoms with E-state index in [1.54, 1.807) is 12.5 Å². The highest BCUT2D eigenvalue weighted by Gasteiger charge is 2.13. The van der Waals surface area contributed by atoms with Crippen molar-refractivity contribution in [1.29, 1.82) is 0 Å². The summed E-state index contributed by atoms with van der Waals surface area (Å²) in [5.74, 6) is 0.883. The zero-order chi connectivity index (χ0) is 9.80. The van der Waals surface area contributed by atoms with Crippen LogP contribution in [0.2, 0.25) is 0 Å². The van der Waals surface area contributed by atoms with Crippen molar-refractivity contribution in [2.45, 2.75) is 18.9 Å². The Bertz CT molecular complexity index is 299. The molecule has 76 valence electrons. The van der Waals surface area contributed by atoms with Crippen molar-refractivity contribution in [2.24, 2.45) is 0 Å². The lowest BCUT2D eigenvalue weighted by molar-refractivity contribution is 0.479. The molecular weight excluding hydrogens is 244 g/mol. The smallest absolute Gasteiger partial charge is 0.143 e. The zero-order valence-electron chi connectivity index (χ0n) is 7.83. The molecule has 2 N–H and O–H groups in total. The summed E-state index contributed by atoms with van der Waals surface area (Å²) in [4.78, 5) is 8.10. The molecule has 0 spiro atoms. The number of hydrogen-bond acceptors (Lipinski definition) is 4. The average Bonchev–Trinajstić information content (AvgIpc) is 2.23. The van der Waals surface area contributed by atoms with Crippen LogP contribution in [-0.4, -0.2) is 29.1 Å². The minimum atomic E-state index is 0.481. The van der Waals surface area contributed by atoms with Crippen LogP contribution in [0.1, 0.15) is 12.8 Å². The Morgan fingerprint density at radius 3 is 3.21 bits per heavy atom. The third-order valence-corrected chi connectivity index (χ3v) is 2.89. The van der Waals surface area contributed by atoms with E-state index < -0.39 is 0 Å². The highest BCUT2D eigenvalue weighted by Crippen LogP contribution is 2.19. The van der Waals surface area contributed by atoms with Crippen LogP contribution in [0, 0.1) is 0 Å². The molecule has 4 nitrogen and oxygen atoms in total. The first-order valence-corrected chi connectivity index (χ1v) is 5.58. The maximum absolute atomic E-state index is 4.18. The molecule has 0 radical (unpaired) electrons. The van der Waals surface area contributed by atoms with E-state index in [-0.39, 0.29) is 0 Å². The third-order valence-electron chi connectivity index (χ3n) is 2.31. The van der Waals surface area contributed by atoms with Crippen molar-refractivity contribution in [3.63, 3.8) is 0 Å². The molecule has 0 aliphatic carbocycles. The summed E-state index contributed by atoms with van der Waals surface area (Å²) in [5.41, 5.74) is 0. The van der Waals surface area contributed by atoms with E-state index >= 15 is 0 Å². The summed E-state index contributed by atoms with van der Waals surface area (Å²) >= 11 is 3.42. The van der Waals surface area contributed by atoms with Crippen LogP contribution in [0.3, 0.4) is 0 Å². The lowest BCUT2D eigenvalue weighted by Gasteiger charge is -2.24. The van der Waals surface area contributed by atoms with Gasteiger partial charge in [0.2, 0.25) is 0 Å². The highest BCUT2D eigenvalue weighted by atomic mass is 79.9. The molecule has 1 aromatic rings. The van der Waals surface area contributed by atoms with Crippen LogP contribution < -0.4 is 10.6 Å². The Balaban J connectivity index is 1.99. The molecule has 1 fully saturated rings. The van der Waals surface area contributed by atoms with E-state index in [1.807, 2.05) is 0 Å². The zero-order valence-corrected chi connectivity index (χ0v) is 9.42. The molecule has 1 unspecified atom stereocenters. The minimum Gasteiger partial charge on any atom is -0.365 e. The molecule has 0 aromatic carbocycles. The van der Waals surface area contributed by atoms with Gasteiger partial charge in [-0.1, -0.05) is 0 Å². The predicted octanol–water partition coefficient (Wildman–Crippen LogP) is 1.40. The number of aromatic nitrogens is 2. The third kappa shape index (κ3) is 2.42. The number of anilines is 1. The van der Waals surface area contributed by atoms with Crippen LogP contribution in [0.5, 0.6) is 0 Å². The first kappa shape index (κ1) is 9.86. The van der Waals surface area contributed by atoms with Gasteiger partial charge in [-0.2, -0.15) is 0 Å². The quantitative estimate of drug-likeness (QED) is 0.840. The van der Waals surface area contributed by atoms with Crippen LogP contribution in [0.4, 0.5) is 5.82 Å². The molecule has 1 saturated heterocycles. The van der Waals surface area contributed by atoms with Crippen molar-refractivity contribution in [2.75, 3.05) is 18.4 Å². The van der Waals surface area contributed by atoms with Crippen LogP contribution >= 0.6 is 15.9 Å². The lowest BCUT2D eigenvalue weighted by Crippen LogP contribution is -2.38. The van der Waals surface area contributed by atoms with Crippen molar-refractivity contribution < 1.29 is 0 Å². The fourth-order valence-corrected chi connectivity index (χ4v) is 1.92. The molecule has 1 atom stereocenters. The Morgan fingerprint density at radius 2 is 2.50 bits per heavy atom. The largest absolute Gasteiger partial charge is 0.365 e. The SMILES string of the molecule is Brc1cncnc1NC1CCCNC1. The molecule has 0 saturated carbocycles. The van der Waals surface area contributed by atoms with Gasteiger partial charge in [0.05, 0.1) is 4.47 Å². The Labute approximate surface area is 91.7 Å². The van der Waals surface area contributed by atoms with Gasteiger partial charge in [0, 0.05) is 18.8 Å². The Morgan fingerprint density at radius 1 is 1.57 bits per heavy atom. The van der Waals surface area contributed by atoms with E-state index in [9.17, 15) is 0 Å². The summed E-state index contributed by atoms with van der Waals surface area (Å²) in [5, 5.41) is 6.74. The van der Waals surface area contributed by atoms with Crippen molar-refractivity contribution in [1.82, 2.24) is 15.3 Å². The maximum atomic E-state index is 4.18. The molecule has 1 aliphatic rings. The number of rotatable bonds is 2. The maximum Gasteiger partial charge on any atom is 0.143 e. The molecule has 14 heavy (non-hydrogen) atoms. The molecule has 0 amide bonds. The summed E-state index contributed by atoms with van der Waals surface area (Å²) in [6.45, 7) is 2.14. The van der Waals surface area contributed by atoms with E-state index in [2.05, 4.69) is 36.5 Å². The highest BCUT2D eigenvalue weighted by molar-refractivity contribution is 9.10. The molecule has 2 rings (SSSR count). The predicted molar refractivity (Wildman–Crippen MR) is 59.2 cm³/mol. The molecule has 2 heterocycles. The van der Waals surface area contributed by atoms with Gasteiger partial charge < -0.3 is 10.6 Å². The summed E-state index contributed by atoms with van der Waals surface area (Å²) in [6, 6.07) is 0.481. The second-order valence-electron chi connectivity index (χ2n) is 3.41. The van der Waals surface area contributed by atoms with E-state index in [4.69, 9.17) is 0 Å². The van der Waals surface area contributed by atoms with Crippen LogP contribution in [-0.2, 0) is 0 Å². The average molecular weight is 257 g/mol. The van der Waals surface area contributed by atoms with Gasteiger partial charge in [-0.3, -0.25) is 0 Å². The summed E-state index contributed by atoms with van der Waals surface area (Å²) in [6.07, 6.45) is 5.73. The molecule has 1 aromatic heterocycles. The monoisotopic (exact) mass is 256 g/mol. The van der Waals surface area contributed by atoms with Gasteiger partial charge in [0.1, 0.15) is 12.1 Å². The van der Waals surface area contributed by atoms with Gasteiger partial charge in [-0.05, 0) is 35.3 Å². The standard InChI is InChI=1S/C9H13BrN4/c10-8-5-12-6-13-9(8)14-7-2-1-3-11-4-7/h5-7,11H,1-4H2,(H,12,13,14). The Hall–Kier alpha value is -0.680. The normalized spacial score (nSPS) is 21.9.